The van der Waals surface area contributed by atoms with Crippen molar-refractivity contribution in [3.05, 3.63) is 12.3 Å². The van der Waals surface area contributed by atoms with Crippen LogP contribution in [0, 0.1) is 0 Å². The minimum Gasteiger partial charge on any atom is -0.458 e. The number of nitrogens with zero attached hydrogens (tertiary/aromatic N) is 3. The molecule has 0 aromatic rings. The average Bonchev–Trinajstić information content (AvgIpc) is 2.54. The lowest BCUT2D eigenvalue weighted by molar-refractivity contribution is -0.177. The molecule has 0 bridgehead atoms. The first-order valence-corrected chi connectivity index (χ1v) is 9.87. The van der Waals surface area contributed by atoms with Crippen LogP contribution in [0.5, 0.6) is 0 Å². The summed E-state index contributed by atoms with van der Waals surface area (Å²) in [5.41, 5.74) is 5.77. The van der Waals surface area contributed by atoms with E-state index in [1.807, 2.05) is 0 Å². The van der Waals surface area contributed by atoms with Crippen LogP contribution in [-0.4, -0.2) is 63.2 Å². The van der Waals surface area contributed by atoms with Crippen LogP contribution in [-0.2, 0) is 14.3 Å². The lowest BCUT2D eigenvalue weighted by Crippen LogP contribution is -2.81. The van der Waals surface area contributed by atoms with Crippen LogP contribution in [0.4, 0.5) is 4.79 Å². The van der Waals surface area contributed by atoms with Crippen LogP contribution in [0.3, 0.4) is 0 Å². The van der Waals surface area contributed by atoms with E-state index in [1.54, 1.807) is 79.0 Å². The van der Waals surface area contributed by atoms with Crippen molar-refractivity contribution in [1.82, 2.24) is 15.4 Å². The molecule has 2 heterocycles. The molecular formula is C20H35N5O4. The van der Waals surface area contributed by atoms with Gasteiger partial charge < -0.3 is 20.1 Å². The molecule has 2 aliphatic heterocycles. The molecule has 1 saturated heterocycles. The molecule has 2 unspecified atom stereocenters. The molecule has 29 heavy (non-hydrogen) atoms. The fraction of sp³-hybridized carbons (Fsp3) is 0.750. The van der Waals surface area contributed by atoms with E-state index in [9.17, 15) is 9.59 Å². The minimum atomic E-state index is -1.58. The van der Waals surface area contributed by atoms with Crippen molar-refractivity contribution in [2.24, 2.45) is 10.8 Å². The number of piperidine rings is 1. The summed E-state index contributed by atoms with van der Waals surface area (Å²) in [7, 11) is 0. The summed E-state index contributed by atoms with van der Waals surface area (Å²) in [6.45, 7) is 14.6. The number of carbonyl (C=O) groups excluding carboxylic acids is 2. The Morgan fingerprint density at radius 3 is 2.21 bits per heavy atom. The van der Waals surface area contributed by atoms with Gasteiger partial charge in [-0.2, -0.15) is 5.10 Å². The third kappa shape index (κ3) is 4.66. The minimum absolute atomic E-state index is 0.353. The van der Waals surface area contributed by atoms with E-state index >= 15 is 0 Å². The first-order chi connectivity index (χ1) is 13.1. The zero-order valence-corrected chi connectivity index (χ0v) is 18.8. The van der Waals surface area contributed by atoms with Crippen molar-refractivity contribution < 1.29 is 19.1 Å². The molecule has 2 atom stereocenters. The highest BCUT2D eigenvalue weighted by atomic mass is 16.6. The number of allylic oxidation sites excluding steroid dienone is 1. The number of amides is 1. The molecule has 0 saturated carbocycles. The van der Waals surface area contributed by atoms with E-state index in [0.717, 1.165) is 0 Å². The van der Waals surface area contributed by atoms with Crippen molar-refractivity contribution in [1.29, 1.82) is 0 Å². The van der Waals surface area contributed by atoms with Gasteiger partial charge in [0.1, 0.15) is 17.2 Å². The summed E-state index contributed by atoms with van der Waals surface area (Å²) in [5.74, 6) is -0.597. The van der Waals surface area contributed by atoms with E-state index in [0.29, 0.717) is 13.0 Å². The van der Waals surface area contributed by atoms with E-state index in [4.69, 9.17) is 15.2 Å². The average molecular weight is 410 g/mol. The number of esters is 1. The van der Waals surface area contributed by atoms with Gasteiger partial charge >= 0.3 is 12.1 Å². The Hall–Kier alpha value is -2.29. The van der Waals surface area contributed by atoms with E-state index < -0.39 is 40.4 Å². The van der Waals surface area contributed by atoms with Crippen molar-refractivity contribution >= 4 is 18.3 Å². The molecule has 0 radical (unpaired) electrons. The summed E-state index contributed by atoms with van der Waals surface area (Å²) < 4.78 is 11.3. The van der Waals surface area contributed by atoms with E-state index in [-0.39, 0.29) is 0 Å². The molecule has 0 spiro atoms. The number of nitrogens with one attached hydrogen (secondary N) is 1. The maximum Gasteiger partial charge on any atom is 0.410 e. The molecule has 3 N–H and O–H groups in total. The van der Waals surface area contributed by atoms with Gasteiger partial charge in [-0.05, 0) is 67.9 Å². The molecule has 2 aliphatic rings. The molecule has 2 rings (SSSR count). The second-order valence-corrected chi connectivity index (χ2v) is 9.96. The predicted octanol–water partition coefficient (Wildman–Crippen LogP) is 2.13. The summed E-state index contributed by atoms with van der Waals surface area (Å²) in [4.78, 5) is 27.9. The summed E-state index contributed by atoms with van der Waals surface area (Å²) >= 11 is 0. The first-order valence-electron chi connectivity index (χ1n) is 9.87. The molecule has 164 valence electrons. The molecule has 0 aliphatic carbocycles. The number of rotatable bonds is 2. The van der Waals surface area contributed by atoms with E-state index in [2.05, 4.69) is 10.5 Å². The molecule has 0 aromatic carbocycles. The zero-order valence-electron chi connectivity index (χ0n) is 18.8. The number of hydrazone groups is 1. The topological polar surface area (TPSA) is 109 Å². The van der Waals surface area contributed by atoms with Crippen molar-refractivity contribution in [2.45, 2.75) is 90.1 Å². The standard InChI is InChI=1S/C20H35N5O4/c1-17(2,3)28-15(26)20(21)14(25-22-11-9-12-23-25)10-13-24(19(20,7)8)16(27)29-18(4,5)6/h9,11-12,14,22H,10,13,21H2,1-8H3. The van der Waals surface area contributed by atoms with Gasteiger partial charge in [0.15, 0.2) is 5.54 Å². The summed E-state index contributed by atoms with van der Waals surface area (Å²) in [5, 5.41) is 5.86. The van der Waals surface area contributed by atoms with Crippen molar-refractivity contribution in [3.63, 3.8) is 0 Å². The third-order valence-corrected chi connectivity index (χ3v) is 5.06. The van der Waals surface area contributed by atoms with Crippen molar-refractivity contribution in [3.8, 4) is 0 Å². The van der Waals surface area contributed by atoms with Gasteiger partial charge in [0.25, 0.3) is 0 Å². The normalized spacial score (nSPS) is 26.7. The second kappa shape index (κ2) is 7.51. The third-order valence-electron chi connectivity index (χ3n) is 5.06. The van der Waals surface area contributed by atoms with Gasteiger partial charge in [-0.15, -0.1) is 0 Å². The maximum absolute atomic E-state index is 13.4. The van der Waals surface area contributed by atoms with Crippen LogP contribution in [0.2, 0.25) is 0 Å². The zero-order chi connectivity index (χ0) is 22.3. The largest absolute Gasteiger partial charge is 0.458 e. The highest BCUT2D eigenvalue weighted by Gasteiger charge is 2.64. The Kier molecular flexibility index (Phi) is 5.96. The number of hydrazine groups is 1. The van der Waals surface area contributed by atoms with Gasteiger partial charge in [-0.3, -0.25) is 5.43 Å². The van der Waals surface area contributed by atoms with Crippen LogP contribution >= 0.6 is 0 Å². The lowest BCUT2D eigenvalue weighted by atomic mass is 9.69. The van der Waals surface area contributed by atoms with Crippen LogP contribution < -0.4 is 11.2 Å². The van der Waals surface area contributed by atoms with Gasteiger partial charge in [-0.25, -0.2) is 14.7 Å². The Morgan fingerprint density at radius 2 is 1.72 bits per heavy atom. The van der Waals surface area contributed by atoms with Crippen LogP contribution in [0.1, 0.15) is 61.8 Å². The Balaban J connectivity index is 2.47. The molecule has 1 fully saturated rings. The number of carbonyl (C=O) groups is 2. The predicted molar refractivity (Wildman–Crippen MR) is 111 cm³/mol. The van der Waals surface area contributed by atoms with E-state index in [1.165, 1.54) is 4.90 Å². The maximum atomic E-state index is 13.4. The lowest BCUT2D eigenvalue weighted by Gasteiger charge is -2.57. The quantitative estimate of drug-likeness (QED) is 0.672. The summed E-state index contributed by atoms with van der Waals surface area (Å²) in [6.07, 6.45) is 4.93. The second-order valence-electron chi connectivity index (χ2n) is 9.96. The smallest absolute Gasteiger partial charge is 0.410 e. The van der Waals surface area contributed by atoms with Gasteiger partial charge in [-0.1, -0.05) is 0 Å². The number of ether oxygens (including phenoxy) is 2. The molecular weight excluding hydrogens is 374 g/mol. The highest BCUT2D eigenvalue weighted by Crippen LogP contribution is 2.40. The fourth-order valence-electron chi connectivity index (χ4n) is 3.57. The number of nitrogens with two attached hydrogens (primary N) is 1. The van der Waals surface area contributed by atoms with Crippen LogP contribution in [0.15, 0.2) is 17.4 Å². The fourth-order valence-corrected chi connectivity index (χ4v) is 3.57. The van der Waals surface area contributed by atoms with Gasteiger partial charge in [0, 0.05) is 12.7 Å². The molecule has 9 heteroatoms. The first kappa shape index (κ1) is 23.0. The number of hydrogen-bond donors (Lipinski definition) is 2. The Labute approximate surface area is 173 Å². The summed E-state index contributed by atoms with van der Waals surface area (Å²) in [6, 6.07) is -0.549. The van der Waals surface area contributed by atoms with Crippen molar-refractivity contribution in [2.75, 3.05) is 6.54 Å². The highest BCUT2D eigenvalue weighted by molar-refractivity contribution is 5.86. The molecule has 9 nitrogen and oxygen atoms in total. The number of hydrogen-bond acceptors (Lipinski definition) is 8. The van der Waals surface area contributed by atoms with Crippen LogP contribution in [0.25, 0.3) is 0 Å². The Bertz CT molecular complexity index is 705. The SMILES string of the molecule is CC(C)(C)OC(=O)N1CCC(N2N=CC=CN2)C(N)(C(=O)OC(C)(C)C)C1(C)C. The molecule has 1 amide bonds. The van der Waals surface area contributed by atoms with Gasteiger partial charge in [0.2, 0.25) is 0 Å². The monoisotopic (exact) mass is 409 g/mol. The van der Waals surface area contributed by atoms with Gasteiger partial charge in [0.05, 0.1) is 11.8 Å². The molecule has 0 aromatic heterocycles. The number of likely N-dealkylation sites (tertiary alicyclic amines) is 1. The Morgan fingerprint density at radius 1 is 1.14 bits per heavy atom.